The maximum absolute atomic E-state index is 5.71. The van der Waals surface area contributed by atoms with Crippen LogP contribution in [0, 0.1) is 4.77 Å². The van der Waals surface area contributed by atoms with Crippen molar-refractivity contribution in [2.75, 3.05) is 13.7 Å². The number of aromatic amines is 1. The number of nitrogens with zero attached hydrogens (tertiary/aromatic N) is 3. The Kier molecular flexibility index (Phi) is 4.33. The molecule has 0 spiro atoms. The van der Waals surface area contributed by atoms with Crippen LogP contribution in [0.4, 0.5) is 0 Å². The van der Waals surface area contributed by atoms with Crippen LogP contribution in [0.1, 0.15) is 30.3 Å². The van der Waals surface area contributed by atoms with E-state index in [2.05, 4.69) is 27.4 Å². The molecule has 7 heteroatoms. The second-order valence-electron chi connectivity index (χ2n) is 5.85. The minimum atomic E-state index is -0.0699. The molecule has 1 fully saturated rings. The second kappa shape index (κ2) is 6.78. The Morgan fingerprint density at radius 2 is 2.24 bits per heavy atom. The van der Waals surface area contributed by atoms with Gasteiger partial charge in [-0.15, -0.1) is 0 Å². The van der Waals surface area contributed by atoms with Crippen LogP contribution in [0.3, 0.4) is 0 Å². The van der Waals surface area contributed by atoms with Gasteiger partial charge in [0, 0.05) is 12.2 Å². The number of fused-ring (bicyclic) bond motifs is 1. The summed E-state index contributed by atoms with van der Waals surface area (Å²) in [5, 5.41) is 13.9. The highest BCUT2D eigenvalue weighted by Gasteiger charge is 2.23. The first-order valence-electron chi connectivity index (χ1n) is 8.17. The fraction of sp³-hybridized carbons (Fsp3) is 0.278. The Balaban J connectivity index is 1.79. The van der Waals surface area contributed by atoms with Crippen LogP contribution in [0.15, 0.2) is 41.5 Å². The SMILES string of the molecule is COc1ccc2ccccc2c1/C=N\n1c([C@@H]2CCCO2)n[nH]c1=S. The zero-order valence-electron chi connectivity index (χ0n) is 13.8. The Labute approximate surface area is 150 Å². The number of methoxy groups -OCH3 is 1. The summed E-state index contributed by atoms with van der Waals surface area (Å²) in [6.07, 6.45) is 3.64. The third-order valence-electron chi connectivity index (χ3n) is 4.35. The van der Waals surface area contributed by atoms with Crippen LogP contribution in [-0.2, 0) is 4.74 Å². The molecule has 0 aliphatic carbocycles. The van der Waals surface area contributed by atoms with Gasteiger partial charge in [-0.2, -0.15) is 14.9 Å². The molecule has 2 heterocycles. The lowest BCUT2D eigenvalue weighted by molar-refractivity contribution is 0.102. The monoisotopic (exact) mass is 354 g/mol. The fourth-order valence-electron chi connectivity index (χ4n) is 3.11. The topological polar surface area (TPSA) is 64.4 Å². The maximum atomic E-state index is 5.71. The molecule has 1 atom stereocenters. The summed E-state index contributed by atoms with van der Waals surface area (Å²) < 4.78 is 13.3. The molecule has 0 radical (unpaired) electrons. The van der Waals surface area contributed by atoms with E-state index in [0.717, 1.165) is 41.5 Å². The first-order valence-corrected chi connectivity index (χ1v) is 8.58. The number of hydrogen-bond donors (Lipinski definition) is 1. The van der Waals surface area contributed by atoms with Crippen molar-refractivity contribution in [3.8, 4) is 5.75 Å². The van der Waals surface area contributed by atoms with Gasteiger partial charge in [0.05, 0.1) is 13.3 Å². The highest BCUT2D eigenvalue weighted by atomic mass is 32.1. The van der Waals surface area contributed by atoms with Crippen LogP contribution in [0.25, 0.3) is 10.8 Å². The van der Waals surface area contributed by atoms with Gasteiger partial charge in [0.1, 0.15) is 11.9 Å². The third-order valence-corrected chi connectivity index (χ3v) is 4.61. The minimum Gasteiger partial charge on any atom is -0.496 e. The molecule has 1 N–H and O–H groups in total. The van der Waals surface area contributed by atoms with Gasteiger partial charge < -0.3 is 9.47 Å². The Bertz CT molecular complexity index is 986. The molecule has 3 aromatic rings. The highest BCUT2D eigenvalue weighted by Crippen LogP contribution is 2.28. The van der Waals surface area contributed by atoms with E-state index in [0.29, 0.717) is 10.6 Å². The van der Waals surface area contributed by atoms with Crippen molar-refractivity contribution in [2.24, 2.45) is 5.10 Å². The molecule has 0 amide bonds. The van der Waals surface area contributed by atoms with Crippen molar-refractivity contribution < 1.29 is 9.47 Å². The molecule has 0 unspecified atom stereocenters. The van der Waals surface area contributed by atoms with Crippen molar-refractivity contribution in [2.45, 2.75) is 18.9 Å². The van der Waals surface area contributed by atoms with Gasteiger partial charge in [0.15, 0.2) is 5.82 Å². The van der Waals surface area contributed by atoms with Gasteiger partial charge in [-0.3, -0.25) is 5.10 Å². The van der Waals surface area contributed by atoms with Crippen LogP contribution in [0.5, 0.6) is 5.75 Å². The second-order valence-corrected chi connectivity index (χ2v) is 6.23. The van der Waals surface area contributed by atoms with E-state index < -0.39 is 0 Å². The number of hydrogen-bond acceptors (Lipinski definition) is 5. The van der Waals surface area contributed by atoms with Crippen molar-refractivity contribution in [1.29, 1.82) is 0 Å². The maximum Gasteiger partial charge on any atom is 0.216 e. The number of ether oxygens (including phenoxy) is 2. The number of H-pyrrole nitrogens is 1. The van der Waals surface area contributed by atoms with Gasteiger partial charge in [-0.25, -0.2) is 0 Å². The van der Waals surface area contributed by atoms with Crippen LogP contribution >= 0.6 is 12.2 Å². The molecule has 2 aromatic carbocycles. The number of aromatic nitrogens is 3. The van der Waals surface area contributed by atoms with Crippen molar-refractivity contribution in [1.82, 2.24) is 14.9 Å². The summed E-state index contributed by atoms with van der Waals surface area (Å²) in [6, 6.07) is 12.1. The van der Waals surface area contributed by atoms with Gasteiger partial charge in [0.25, 0.3) is 0 Å². The zero-order valence-corrected chi connectivity index (χ0v) is 14.6. The van der Waals surface area contributed by atoms with E-state index in [9.17, 15) is 0 Å². The number of nitrogens with one attached hydrogen (secondary N) is 1. The predicted octanol–water partition coefficient (Wildman–Crippen LogP) is 3.84. The van der Waals surface area contributed by atoms with E-state index in [1.807, 2.05) is 24.3 Å². The third kappa shape index (κ3) is 2.96. The van der Waals surface area contributed by atoms with Gasteiger partial charge in [0.2, 0.25) is 4.77 Å². The molecular weight excluding hydrogens is 336 g/mol. The normalized spacial score (nSPS) is 17.6. The van der Waals surface area contributed by atoms with Crippen molar-refractivity contribution in [3.05, 3.63) is 52.6 Å². The molecule has 128 valence electrons. The lowest BCUT2D eigenvalue weighted by Crippen LogP contribution is -2.05. The molecule has 4 rings (SSSR count). The average molecular weight is 354 g/mol. The van der Waals surface area contributed by atoms with E-state index in [-0.39, 0.29) is 6.10 Å². The Hall–Kier alpha value is -2.51. The van der Waals surface area contributed by atoms with E-state index in [1.54, 1.807) is 18.0 Å². The smallest absolute Gasteiger partial charge is 0.216 e. The standard InChI is InChI=1S/C18H18N4O2S/c1-23-15-9-8-12-5-2-3-6-13(12)14(15)11-19-22-17(20-21-18(22)25)16-7-4-10-24-16/h2-3,5-6,8-9,11,16H,4,7,10H2,1H3,(H,21,25)/b19-11-/t16-/m0/s1. The lowest BCUT2D eigenvalue weighted by atomic mass is 10.0. The largest absolute Gasteiger partial charge is 0.496 e. The van der Waals surface area contributed by atoms with Gasteiger partial charge in [-0.1, -0.05) is 30.3 Å². The Morgan fingerprint density at radius 1 is 1.36 bits per heavy atom. The first kappa shape index (κ1) is 16.0. The Morgan fingerprint density at radius 3 is 3.04 bits per heavy atom. The van der Waals surface area contributed by atoms with Crippen LogP contribution in [0.2, 0.25) is 0 Å². The molecule has 1 saturated heterocycles. The molecule has 0 saturated carbocycles. The summed E-state index contributed by atoms with van der Waals surface area (Å²) in [5.41, 5.74) is 0.905. The summed E-state index contributed by atoms with van der Waals surface area (Å²) in [7, 11) is 1.66. The first-order chi connectivity index (χ1) is 12.3. The van der Waals surface area contributed by atoms with Crippen molar-refractivity contribution >= 4 is 29.2 Å². The molecule has 25 heavy (non-hydrogen) atoms. The summed E-state index contributed by atoms with van der Waals surface area (Å²) >= 11 is 5.33. The zero-order chi connectivity index (χ0) is 17.2. The van der Waals surface area contributed by atoms with Crippen LogP contribution in [-0.4, -0.2) is 34.8 Å². The summed E-state index contributed by atoms with van der Waals surface area (Å²) in [6.45, 7) is 0.741. The van der Waals surface area contributed by atoms with Gasteiger partial charge in [-0.05, 0) is 41.9 Å². The quantitative estimate of drug-likeness (QED) is 0.571. The highest BCUT2D eigenvalue weighted by molar-refractivity contribution is 7.71. The average Bonchev–Trinajstić information content (AvgIpc) is 3.29. The summed E-state index contributed by atoms with van der Waals surface area (Å²) in [4.78, 5) is 0. The van der Waals surface area contributed by atoms with E-state index in [4.69, 9.17) is 21.7 Å². The number of rotatable bonds is 4. The van der Waals surface area contributed by atoms with Gasteiger partial charge >= 0.3 is 0 Å². The molecular formula is C18H18N4O2S. The van der Waals surface area contributed by atoms with E-state index in [1.165, 1.54) is 0 Å². The van der Waals surface area contributed by atoms with E-state index >= 15 is 0 Å². The fourth-order valence-corrected chi connectivity index (χ4v) is 3.29. The molecule has 1 aliphatic heterocycles. The number of benzene rings is 2. The summed E-state index contributed by atoms with van der Waals surface area (Å²) in [5.74, 6) is 1.47. The molecule has 0 bridgehead atoms. The molecule has 1 aliphatic rings. The van der Waals surface area contributed by atoms with Crippen molar-refractivity contribution in [3.63, 3.8) is 0 Å². The van der Waals surface area contributed by atoms with Crippen LogP contribution < -0.4 is 4.74 Å². The predicted molar refractivity (Wildman–Crippen MR) is 98.8 cm³/mol. The minimum absolute atomic E-state index is 0.0699. The molecule has 6 nitrogen and oxygen atoms in total. The molecule has 1 aromatic heterocycles. The lowest BCUT2D eigenvalue weighted by Gasteiger charge is -2.10.